The number of hydrogen-bond donors (Lipinski definition) is 0. The fraction of sp³-hybridized carbons (Fsp3) is 0.0952. The van der Waals surface area contributed by atoms with Gasteiger partial charge in [-0.15, -0.1) is 0 Å². The highest BCUT2D eigenvalue weighted by Gasteiger charge is 2.22. The first kappa shape index (κ1) is 16.6. The van der Waals surface area contributed by atoms with Crippen LogP contribution < -0.4 is 14.2 Å². The number of para-hydroxylation sites is 2. The van der Waals surface area contributed by atoms with E-state index in [9.17, 15) is 4.79 Å². The van der Waals surface area contributed by atoms with Crippen molar-refractivity contribution in [3.05, 3.63) is 83.9 Å². The molecule has 4 nitrogen and oxygen atoms in total. The lowest BCUT2D eigenvalue weighted by Gasteiger charge is -2.14. The molecule has 0 heterocycles. The zero-order valence-corrected chi connectivity index (χ0v) is 14.1. The van der Waals surface area contributed by atoms with E-state index in [1.807, 2.05) is 36.4 Å². The van der Waals surface area contributed by atoms with E-state index in [-0.39, 0.29) is 5.78 Å². The molecule has 25 heavy (non-hydrogen) atoms. The van der Waals surface area contributed by atoms with E-state index < -0.39 is 0 Å². The molecule has 0 aliphatic rings. The van der Waals surface area contributed by atoms with Crippen molar-refractivity contribution in [2.24, 2.45) is 0 Å². The van der Waals surface area contributed by atoms with E-state index in [0.29, 0.717) is 34.1 Å². The predicted molar refractivity (Wildman–Crippen MR) is 95.9 cm³/mol. The van der Waals surface area contributed by atoms with Gasteiger partial charge in [0.15, 0.2) is 0 Å². The number of rotatable bonds is 6. The van der Waals surface area contributed by atoms with E-state index in [1.54, 1.807) is 36.4 Å². The van der Waals surface area contributed by atoms with Gasteiger partial charge in [-0.05, 0) is 36.4 Å². The second-order valence-electron chi connectivity index (χ2n) is 5.28. The van der Waals surface area contributed by atoms with Gasteiger partial charge in [0.25, 0.3) is 0 Å². The summed E-state index contributed by atoms with van der Waals surface area (Å²) < 4.78 is 16.6. The van der Waals surface area contributed by atoms with Crippen LogP contribution in [0.3, 0.4) is 0 Å². The summed E-state index contributed by atoms with van der Waals surface area (Å²) in [6.07, 6.45) is 0. The smallest absolute Gasteiger partial charge is 0.204 e. The monoisotopic (exact) mass is 334 g/mol. The molecule has 0 aliphatic heterocycles. The average Bonchev–Trinajstić information content (AvgIpc) is 2.68. The highest BCUT2D eigenvalue weighted by atomic mass is 16.5. The Labute approximate surface area is 146 Å². The number of ether oxygens (including phenoxy) is 3. The van der Waals surface area contributed by atoms with Crippen LogP contribution in [0.1, 0.15) is 15.9 Å². The van der Waals surface area contributed by atoms with Gasteiger partial charge in [-0.25, -0.2) is 0 Å². The van der Waals surface area contributed by atoms with Crippen molar-refractivity contribution in [3.8, 4) is 23.0 Å². The van der Waals surface area contributed by atoms with E-state index in [1.165, 1.54) is 14.2 Å². The van der Waals surface area contributed by atoms with Gasteiger partial charge in [0, 0.05) is 0 Å². The number of carbonyl (C=O) groups is 1. The van der Waals surface area contributed by atoms with Crippen LogP contribution in [0.15, 0.2) is 72.8 Å². The SMILES string of the molecule is COc1cccc(OC)c1C(=O)c1ccccc1Oc1ccccc1. The van der Waals surface area contributed by atoms with Gasteiger partial charge in [-0.1, -0.05) is 36.4 Å². The largest absolute Gasteiger partial charge is 0.496 e. The number of benzene rings is 3. The lowest BCUT2D eigenvalue weighted by Crippen LogP contribution is -2.08. The molecule has 3 aromatic carbocycles. The Hall–Kier alpha value is -3.27. The number of hydrogen-bond acceptors (Lipinski definition) is 4. The van der Waals surface area contributed by atoms with Crippen LogP contribution in [0.4, 0.5) is 0 Å². The Morgan fingerprint density at radius 1 is 0.680 bits per heavy atom. The van der Waals surface area contributed by atoms with Crippen molar-refractivity contribution in [2.45, 2.75) is 0 Å². The normalized spacial score (nSPS) is 10.2. The topological polar surface area (TPSA) is 44.8 Å². The van der Waals surface area contributed by atoms with Gasteiger partial charge in [-0.2, -0.15) is 0 Å². The molecule has 0 aliphatic carbocycles. The Balaban J connectivity index is 2.05. The van der Waals surface area contributed by atoms with Gasteiger partial charge in [0.1, 0.15) is 28.6 Å². The summed E-state index contributed by atoms with van der Waals surface area (Å²) in [5.74, 6) is 1.83. The van der Waals surface area contributed by atoms with Crippen LogP contribution in [0.5, 0.6) is 23.0 Å². The molecule has 0 radical (unpaired) electrons. The predicted octanol–water partition coefficient (Wildman–Crippen LogP) is 4.73. The molecule has 3 aromatic rings. The number of methoxy groups -OCH3 is 2. The first-order valence-electron chi connectivity index (χ1n) is 7.82. The average molecular weight is 334 g/mol. The third kappa shape index (κ3) is 3.48. The summed E-state index contributed by atoms with van der Waals surface area (Å²) in [6, 6.07) is 21.7. The molecule has 3 rings (SSSR count). The molecule has 0 saturated heterocycles. The molecule has 0 unspecified atom stereocenters. The molecule has 0 saturated carbocycles. The highest BCUT2D eigenvalue weighted by Crippen LogP contribution is 2.34. The van der Waals surface area contributed by atoms with E-state index >= 15 is 0 Å². The van der Waals surface area contributed by atoms with Crippen LogP contribution in [-0.2, 0) is 0 Å². The van der Waals surface area contributed by atoms with Crippen LogP contribution in [0, 0.1) is 0 Å². The van der Waals surface area contributed by atoms with Crippen LogP contribution in [-0.4, -0.2) is 20.0 Å². The van der Waals surface area contributed by atoms with Crippen molar-refractivity contribution in [3.63, 3.8) is 0 Å². The Kier molecular flexibility index (Phi) is 5.00. The Bertz CT molecular complexity index is 850. The first-order chi connectivity index (χ1) is 12.2. The van der Waals surface area contributed by atoms with Crippen molar-refractivity contribution in [1.29, 1.82) is 0 Å². The summed E-state index contributed by atoms with van der Waals surface area (Å²) in [5, 5.41) is 0. The van der Waals surface area contributed by atoms with Crippen molar-refractivity contribution >= 4 is 5.78 Å². The standard InChI is InChI=1S/C21H18O4/c1-23-18-13-8-14-19(24-2)20(18)21(22)16-11-6-7-12-17(16)25-15-9-4-3-5-10-15/h3-14H,1-2H3. The zero-order valence-electron chi connectivity index (χ0n) is 14.1. The van der Waals surface area contributed by atoms with Crippen LogP contribution in [0.2, 0.25) is 0 Å². The second kappa shape index (κ2) is 7.53. The van der Waals surface area contributed by atoms with E-state index in [0.717, 1.165) is 0 Å². The summed E-state index contributed by atoms with van der Waals surface area (Å²) in [7, 11) is 3.05. The van der Waals surface area contributed by atoms with Gasteiger partial charge in [-0.3, -0.25) is 4.79 Å². The highest BCUT2D eigenvalue weighted by molar-refractivity contribution is 6.14. The maximum absolute atomic E-state index is 13.2. The van der Waals surface area contributed by atoms with Gasteiger partial charge in [0.05, 0.1) is 19.8 Å². The molecule has 0 spiro atoms. The van der Waals surface area contributed by atoms with Crippen LogP contribution in [0.25, 0.3) is 0 Å². The summed E-state index contributed by atoms with van der Waals surface area (Å²) in [5.41, 5.74) is 0.811. The van der Waals surface area contributed by atoms with E-state index in [4.69, 9.17) is 14.2 Å². The molecule has 4 heteroatoms. The molecule has 0 aromatic heterocycles. The Morgan fingerprint density at radius 2 is 1.24 bits per heavy atom. The minimum Gasteiger partial charge on any atom is -0.496 e. The third-order valence-electron chi connectivity index (χ3n) is 3.76. The molecular formula is C21H18O4. The maximum Gasteiger partial charge on any atom is 0.204 e. The van der Waals surface area contributed by atoms with Crippen molar-refractivity contribution < 1.29 is 19.0 Å². The van der Waals surface area contributed by atoms with Crippen molar-refractivity contribution in [2.75, 3.05) is 14.2 Å². The fourth-order valence-electron chi connectivity index (χ4n) is 2.57. The first-order valence-corrected chi connectivity index (χ1v) is 7.82. The molecular weight excluding hydrogens is 316 g/mol. The van der Waals surface area contributed by atoms with Crippen molar-refractivity contribution in [1.82, 2.24) is 0 Å². The molecule has 0 fully saturated rings. The molecule has 0 amide bonds. The van der Waals surface area contributed by atoms with Crippen LogP contribution >= 0.6 is 0 Å². The van der Waals surface area contributed by atoms with Gasteiger partial charge in [0.2, 0.25) is 5.78 Å². The minimum absolute atomic E-state index is 0.221. The molecule has 126 valence electrons. The lowest BCUT2D eigenvalue weighted by molar-refractivity contribution is 0.103. The molecule has 0 N–H and O–H groups in total. The summed E-state index contributed by atoms with van der Waals surface area (Å²) >= 11 is 0. The summed E-state index contributed by atoms with van der Waals surface area (Å²) in [4.78, 5) is 13.2. The van der Waals surface area contributed by atoms with Gasteiger partial charge < -0.3 is 14.2 Å². The fourth-order valence-corrected chi connectivity index (χ4v) is 2.57. The summed E-state index contributed by atoms with van der Waals surface area (Å²) in [6.45, 7) is 0. The number of ketones is 1. The molecule has 0 atom stereocenters. The minimum atomic E-state index is -0.221. The second-order valence-corrected chi connectivity index (χ2v) is 5.28. The van der Waals surface area contributed by atoms with Gasteiger partial charge >= 0.3 is 0 Å². The zero-order chi connectivity index (χ0) is 17.6. The molecule has 0 bridgehead atoms. The Morgan fingerprint density at radius 3 is 1.88 bits per heavy atom. The third-order valence-corrected chi connectivity index (χ3v) is 3.76. The maximum atomic E-state index is 13.2. The van der Waals surface area contributed by atoms with E-state index in [2.05, 4.69) is 0 Å². The number of carbonyl (C=O) groups excluding carboxylic acids is 1. The quantitative estimate of drug-likeness (QED) is 0.612. The lowest BCUT2D eigenvalue weighted by atomic mass is 10.0.